The van der Waals surface area contributed by atoms with E-state index < -0.39 is 29.3 Å². The van der Waals surface area contributed by atoms with Gasteiger partial charge in [0.1, 0.15) is 17.8 Å². The minimum atomic E-state index is -4.67. The first-order valence-corrected chi connectivity index (χ1v) is 12.5. The van der Waals surface area contributed by atoms with Crippen molar-refractivity contribution < 1.29 is 22.4 Å². The molecule has 5 rings (SSSR count). The first-order chi connectivity index (χ1) is 19.1. The molecule has 2 heterocycles. The Bertz CT molecular complexity index is 1630. The van der Waals surface area contributed by atoms with E-state index in [0.717, 1.165) is 18.5 Å². The maximum atomic E-state index is 14.0. The van der Waals surface area contributed by atoms with Crippen LogP contribution in [0.4, 0.5) is 33.7 Å². The normalized spacial score (nSPS) is 17.0. The number of benzene rings is 2. The Morgan fingerprint density at radius 3 is 2.62 bits per heavy atom. The molecule has 4 aromatic rings. The molecule has 3 N–H and O–H groups in total. The van der Waals surface area contributed by atoms with Crippen LogP contribution in [0.2, 0.25) is 0 Å². The molecule has 0 aliphatic heterocycles. The highest BCUT2D eigenvalue weighted by molar-refractivity contribution is 6.00. The molecule has 1 aliphatic carbocycles. The number of allylic oxidation sites excluding steroid dienone is 4. The van der Waals surface area contributed by atoms with Gasteiger partial charge in [-0.1, -0.05) is 38.1 Å². The number of urea groups is 1. The van der Waals surface area contributed by atoms with Gasteiger partial charge in [-0.05, 0) is 49.2 Å². The van der Waals surface area contributed by atoms with Gasteiger partial charge < -0.3 is 10.6 Å². The lowest BCUT2D eigenvalue weighted by Gasteiger charge is -2.32. The Morgan fingerprint density at radius 1 is 1.12 bits per heavy atom. The Kier molecular flexibility index (Phi) is 7.01. The molecule has 12 heteroatoms. The maximum Gasteiger partial charge on any atom is 0.416 e. The van der Waals surface area contributed by atoms with Crippen LogP contribution in [0.25, 0.3) is 22.3 Å². The molecule has 0 radical (unpaired) electrons. The monoisotopic (exact) mass is 551 g/mol. The van der Waals surface area contributed by atoms with Crippen LogP contribution in [-0.2, 0) is 6.18 Å². The largest absolute Gasteiger partial charge is 0.416 e. The van der Waals surface area contributed by atoms with Crippen molar-refractivity contribution in [2.75, 3.05) is 16.1 Å². The number of carbonyl (C=O) groups excluding carboxylic acids is 1. The zero-order chi connectivity index (χ0) is 28.5. The summed E-state index contributed by atoms with van der Waals surface area (Å²) in [5.41, 5.74) is 4.91. The predicted octanol–water partition coefficient (Wildman–Crippen LogP) is 7.10. The summed E-state index contributed by atoms with van der Waals surface area (Å²) in [6, 6.07) is 7.54. The van der Waals surface area contributed by atoms with E-state index in [1.165, 1.54) is 6.33 Å². The smallest absolute Gasteiger partial charge is 0.308 e. The average molecular weight is 552 g/mol. The summed E-state index contributed by atoms with van der Waals surface area (Å²) in [4.78, 5) is 22.5. The molecule has 8 nitrogen and oxygen atoms in total. The predicted molar refractivity (Wildman–Crippen MR) is 144 cm³/mol. The highest BCUT2D eigenvalue weighted by atomic mass is 19.4. The fourth-order valence-electron chi connectivity index (χ4n) is 4.37. The number of nitrogens with one attached hydrogen (secondary N) is 3. The molecular weight excluding hydrogens is 526 g/mol. The van der Waals surface area contributed by atoms with Crippen LogP contribution in [0.15, 0.2) is 78.9 Å². The van der Waals surface area contributed by atoms with E-state index in [0.29, 0.717) is 46.2 Å². The summed E-state index contributed by atoms with van der Waals surface area (Å²) >= 11 is 0. The number of nitrogens with zero attached hydrogens (tertiary/aromatic N) is 4. The van der Waals surface area contributed by atoms with Crippen LogP contribution in [0.1, 0.15) is 32.3 Å². The van der Waals surface area contributed by atoms with Gasteiger partial charge >= 0.3 is 12.2 Å². The minimum absolute atomic E-state index is 0.0783. The second kappa shape index (κ2) is 10.4. The van der Waals surface area contributed by atoms with Gasteiger partial charge in [-0.3, -0.25) is 5.43 Å². The van der Waals surface area contributed by atoms with E-state index in [1.807, 2.05) is 12.2 Å². The van der Waals surface area contributed by atoms with Crippen molar-refractivity contribution in [2.45, 2.75) is 32.9 Å². The fraction of sp³-hybridized carbons (Fsp3) is 0.214. The number of alkyl halides is 3. The van der Waals surface area contributed by atoms with Gasteiger partial charge in [0.05, 0.1) is 16.6 Å². The van der Waals surface area contributed by atoms with E-state index in [-0.39, 0.29) is 5.41 Å². The third-order valence-electron chi connectivity index (χ3n) is 6.93. The molecule has 206 valence electrons. The second-order valence-electron chi connectivity index (χ2n) is 9.61. The Morgan fingerprint density at radius 2 is 1.90 bits per heavy atom. The van der Waals surface area contributed by atoms with Crippen molar-refractivity contribution >= 4 is 28.4 Å². The van der Waals surface area contributed by atoms with Crippen LogP contribution >= 0.6 is 0 Å². The van der Waals surface area contributed by atoms with Crippen LogP contribution in [0, 0.1) is 11.2 Å². The van der Waals surface area contributed by atoms with E-state index in [4.69, 9.17) is 5.10 Å². The molecule has 2 amide bonds. The summed E-state index contributed by atoms with van der Waals surface area (Å²) in [5, 5.41) is 10.1. The SMILES string of the molecule is CCC1(C)CC=CC=C1Nn1nc(-c2ccc(NC(=O)Nc3cc(C(F)(F)F)ccc3F)cc2)c2cncnc21. The summed E-state index contributed by atoms with van der Waals surface area (Å²) < 4.78 is 52.9. The van der Waals surface area contributed by atoms with Crippen LogP contribution < -0.4 is 16.1 Å². The van der Waals surface area contributed by atoms with Gasteiger partial charge in [0, 0.05) is 28.6 Å². The number of halogens is 4. The van der Waals surface area contributed by atoms with Crippen LogP contribution in [-0.4, -0.2) is 25.9 Å². The lowest BCUT2D eigenvalue weighted by atomic mass is 9.78. The fourth-order valence-corrected chi connectivity index (χ4v) is 4.37. The molecule has 2 aromatic carbocycles. The second-order valence-corrected chi connectivity index (χ2v) is 9.61. The molecule has 0 spiro atoms. The Balaban J connectivity index is 1.35. The zero-order valence-corrected chi connectivity index (χ0v) is 21.6. The van der Waals surface area contributed by atoms with Crippen LogP contribution in [0.3, 0.4) is 0 Å². The number of rotatable bonds is 6. The van der Waals surface area contributed by atoms with Gasteiger partial charge in [0.2, 0.25) is 0 Å². The van der Waals surface area contributed by atoms with Crippen molar-refractivity contribution in [2.24, 2.45) is 5.41 Å². The highest BCUT2D eigenvalue weighted by Crippen LogP contribution is 2.37. The summed E-state index contributed by atoms with van der Waals surface area (Å²) in [7, 11) is 0. The topological polar surface area (TPSA) is 96.8 Å². The number of fused-ring (bicyclic) bond motifs is 1. The van der Waals surface area contributed by atoms with Gasteiger partial charge in [0.15, 0.2) is 5.65 Å². The molecule has 1 atom stereocenters. The molecule has 0 bridgehead atoms. The van der Waals surface area contributed by atoms with E-state index in [9.17, 15) is 22.4 Å². The van der Waals surface area contributed by atoms with Gasteiger partial charge in [-0.2, -0.15) is 18.0 Å². The van der Waals surface area contributed by atoms with E-state index in [1.54, 1.807) is 35.3 Å². The number of hydrogen-bond donors (Lipinski definition) is 3. The van der Waals surface area contributed by atoms with Crippen molar-refractivity contribution in [3.8, 4) is 11.3 Å². The lowest BCUT2D eigenvalue weighted by molar-refractivity contribution is -0.137. The van der Waals surface area contributed by atoms with Gasteiger partial charge in [-0.25, -0.2) is 19.2 Å². The molecule has 0 saturated heterocycles. The van der Waals surface area contributed by atoms with Crippen molar-refractivity contribution in [3.05, 3.63) is 90.3 Å². The van der Waals surface area contributed by atoms with Crippen molar-refractivity contribution in [1.29, 1.82) is 0 Å². The number of anilines is 2. The van der Waals surface area contributed by atoms with E-state index in [2.05, 4.69) is 46.0 Å². The number of carbonyl (C=O) groups is 1. The molecule has 1 unspecified atom stereocenters. The molecule has 1 aliphatic rings. The minimum Gasteiger partial charge on any atom is -0.308 e. The van der Waals surface area contributed by atoms with Crippen molar-refractivity contribution in [3.63, 3.8) is 0 Å². The zero-order valence-electron chi connectivity index (χ0n) is 21.6. The van der Waals surface area contributed by atoms with Crippen LogP contribution in [0.5, 0.6) is 0 Å². The Hall–Kier alpha value is -4.74. The maximum absolute atomic E-state index is 14.0. The lowest BCUT2D eigenvalue weighted by Crippen LogP contribution is -2.29. The molecule has 0 fully saturated rings. The van der Waals surface area contributed by atoms with Gasteiger partial charge in [-0.15, -0.1) is 5.10 Å². The standard InChI is InChI=1S/C28H25F4N7O/c1-3-27(2)13-5-4-6-23(27)37-39-25-20(15-33-16-34-25)24(38-39)17-7-10-19(11-8-17)35-26(40)36-22-14-18(28(30,31)32)9-12-21(22)29/h4-12,14-16,37H,3,13H2,1-2H3,(H2,35,36,40). The first-order valence-electron chi connectivity index (χ1n) is 12.5. The van der Waals surface area contributed by atoms with Gasteiger partial charge in [0.25, 0.3) is 0 Å². The summed E-state index contributed by atoms with van der Waals surface area (Å²) in [5.74, 6) is -0.990. The van der Waals surface area contributed by atoms with Crippen molar-refractivity contribution in [1.82, 2.24) is 19.9 Å². The number of amides is 2. The summed E-state index contributed by atoms with van der Waals surface area (Å²) in [6.45, 7) is 4.32. The molecule has 40 heavy (non-hydrogen) atoms. The summed E-state index contributed by atoms with van der Waals surface area (Å²) in [6.07, 6.45) is 6.43. The Labute approximate surface area is 226 Å². The molecular formula is C28H25F4N7O. The third kappa shape index (κ3) is 5.37. The average Bonchev–Trinajstić information content (AvgIpc) is 3.29. The molecule has 0 saturated carbocycles. The quantitative estimate of drug-likeness (QED) is 0.222. The van der Waals surface area contributed by atoms with E-state index >= 15 is 0 Å². The first kappa shape index (κ1) is 26.9. The number of hydrogen-bond acceptors (Lipinski definition) is 5. The number of aromatic nitrogens is 4. The third-order valence-corrected chi connectivity index (χ3v) is 6.93. The molecule has 2 aromatic heterocycles. The highest BCUT2D eigenvalue weighted by Gasteiger charge is 2.31.